The fourth-order valence-electron chi connectivity index (χ4n) is 3.65. The van der Waals surface area contributed by atoms with Crippen LogP contribution in [0.1, 0.15) is 34.9 Å². The summed E-state index contributed by atoms with van der Waals surface area (Å²) < 4.78 is 5.25. The minimum atomic E-state index is -0.452. The monoisotopic (exact) mass is 430 g/mol. The van der Waals surface area contributed by atoms with Crippen LogP contribution in [0.4, 0.5) is 0 Å². The summed E-state index contributed by atoms with van der Waals surface area (Å²) in [4.78, 5) is 19.8. The van der Waals surface area contributed by atoms with E-state index in [4.69, 9.17) is 10.1 Å². The molecule has 0 saturated carbocycles. The van der Waals surface area contributed by atoms with Crippen LogP contribution in [0.2, 0.25) is 0 Å². The molecule has 0 radical (unpaired) electrons. The summed E-state index contributed by atoms with van der Waals surface area (Å²) in [5, 5.41) is 13.5. The van der Waals surface area contributed by atoms with E-state index in [1.807, 2.05) is 36.5 Å². The van der Waals surface area contributed by atoms with Crippen LogP contribution < -0.4 is 10.1 Å². The number of amides is 1. The Hall–Kier alpha value is -3.63. The van der Waals surface area contributed by atoms with E-state index in [2.05, 4.69) is 33.6 Å². The Bertz CT molecular complexity index is 1190. The van der Waals surface area contributed by atoms with Gasteiger partial charge >= 0.3 is 0 Å². The lowest BCUT2D eigenvalue weighted by Crippen LogP contribution is -2.53. The number of guanidine groups is 1. The lowest BCUT2D eigenvalue weighted by Gasteiger charge is -2.37. The molecule has 4 rings (SSSR count). The number of carbonyl (C=O) groups excluding carboxylic acids is 1. The van der Waals surface area contributed by atoms with E-state index >= 15 is 0 Å². The first kappa shape index (κ1) is 20.6. The summed E-state index contributed by atoms with van der Waals surface area (Å²) in [6, 6.07) is 11.2. The SMILES string of the molecule is CC#Cc1cncc(-c2csc([C@H]3NC(=N)N(C)C(=O)C3c3ccc(OC)cc3)c2)c1. The number of nitrogens with zero attached hydrogens (tertiary/aromatic N) is 2. The van der Waals surface area contributed by atoms with Crippen LogP contribution in [0.15, 0.2) is 54.2 Å². The summed E-state index contributed by atoms with van der Waals surface area (Å²) in [7, 11) is 3.24. The van der Waals surface area contributed by atoms with Gasteiger partial charge < -0.3 is 10.1 Å². The van der Waals surface area contributed by atoms with Crippen molar-refractivity contribution < 1.29 is 9.53 Å². The molecule has 3 aromatic rings. The van der Waals surface area contributed by atoms with Gasteiger partial charge in [0.25, 0.3) is 0 Å². The van der Waals surface area contributed by atoms with E-state index in [0.717, 1.165) is 32.9 Å². The van der Waals surface area contributed by atoms with E-state index in [-0.39, 0.29) is 17.9 Å². The molecule has 6 nitrogen and oxygen atoms in total. The molecular formula is C24H22N4O2S. The quantitative estimate of drug-likeness (QED) is 0.613. The van der Waals surface area contributed by atoms with Crippen LogP contribution >= 0.6 is 11.3 Å². The second-order valence-electron chi connectivity index (χ2n) is 7.19. The average Bonchev–Trinajstić information content (AvgIpc) is 3.28. The molecule has 2 N–H and O–H groups in total. The number of likely N-dealkylation sites (N-methyl/N-ethyl adjacent to an activating group) is 1. The summed E-state index contributed by atoms with van der Waals surface area (Å²) >= 11 is 1.56. The van der Waals surface area contributed by atoms with Gasteiger partial charge in [-0.25, -0.2) is 0 Å². The highest BCUT2D eigenvalue weighted by Crippen LogP contribution is 2.40. The Labute approximate surface area is 185 Å². The van der Waals surface area contributed by atoms with Crippen molar-refractivity contribution in [1.82, 2.24) is 15.2 Å². The van der Waals surface area contributed by atoms with Gasteiger partial charge in [-0.05, 0) is 47.7 Å². The lowest BCUT2D eigenvalue weighted by molar-refractivity contribution is -0.130. The Kier molecular flexibility index (Phi) is 5.74. The molecule has 0 aliphatic carbocycles. The average molecular weight is 431 g/mol. The molecule has 2 aromatic heterocycles. The maximum Gasteiger partial charge on any atom is 0.239 e. The zero-order chi connectivity index (χ0) is 22.0. The first-order valence-corrected chi connectivity index (χ1v) is 10.6. The van der Waals surface area contributed by atoms with E-state index in [9.17, 15) is 4.79 Å². The van der Waals surface area contributed by atoms with Gasteiger partial charge in [0.2, 0.25) is 5.91 Å². The van der Waals surface area contributed by atoms with Crippen molar-refractivity contribution >= 4 is 23.2 Å². The minimum Gasteiger partial charge on any atom is -0.497 e. The van der Waals surface area contributed by atoms with Gasteiger partial charge in [0.1, 0.15) is 5.75 Å². The number of aromatic nitrogens is 1. The number of hydrogen-bond donors (Lipinski definition) is 2. The van der Waals surface area contributed by atoms with Gasteiger partial charge in [-0.2, -0.15) is 0 Å². The summed E-state index contributed by atoms with van der Waals surface area (Å²) in [6.07, 6.45) is 3.55. The molecule has 2 atom stereocenters. The third kappa shape index (κ3) is 4.03. The number of nitrogens with one attached hydrogen (secondary N) is 2. The lowest BCUT2D eigenvalue weighted by atomic mass is 9.87. The smallest absolute Gasteiger partial charge is 0.239 e. The van der Waals surface area contributed by atoms with Crippen LogP contribution in [0.5, 0.6) is 5.75 Å². The third-order valence-electron chi connectivity index (χ3n) is 5.30. The molecular weight excluding hydrogens is 408 g/mol. The van der Waals surface area contributed by atoms with Crippen LogP contribution in [-0.4, -0.2) is 35.9 Å². The summed E-state index contributed by atoms with van der Waals surface area (Å²) in [5.74, 6) is 6.19. The standard InChI is InChI=1S/C24H22N4O2S/c1-4-5-15-10-17(13-26-12-15)18-11-20(31-14-18)22-21(23(29)28(2)24(25)27-22)16-6-8-19(30-3)9-7-16/h6-14,21-22H,1-3H3,(H2,25,27)/t21?,22-/m1/s1. The number of thiophene rings is 1. The zero-order valence-corrected chi connectivity index (χ0v) is 18.3. The first-order valence-electron chi connectivity index (χ1n) is 9.75. The molecule has 156 valence electrons. The fourth-order valence-corrected chi connectivity index (χ4v) is 4.65. The fraction of sp³-hybridized carbons (Fsp3) is 0.208. The number of pyridine rings is 1. The topological polar surface area (TPSA) is 78.3 Å². The van der Waals surface area contributed by atoms with Crippen molar-refractivity contribution in [3.8, 4) is 28.7 Å². The van der Waals surface area contributed by atoms with E-state index in [0.29, 0.717) is 0 Å². The van der Waals surface area contributed by atoms with Crippen molar-refractivity contribution in [2.75, 3.05) is 14.2 Å². The molecule has 0 spiro atoms. The molecule has 1 amide bonds. The van der Waals surface area contributed by atoms with Crippen LogP contribution in [-0.2, 0) is 4.79 Å². The molecule has 1 aliphatic rings. The summed E-state index contributed by atoms with van der Waals surface area (Å²) in [5.41, 5.74) is 3.72. The van der Waals surface area contributed by atoms with Gasteiger partial charge in [-0.1, -0.05) is 18.1 Å². The molecule has 1 fully saturated rings. The Morgan fingerprint density at radius 1 is 1.19 bits per heavy atom. The number of methoxy groups -OCH3 is 1. The van der Waals surface area contributed by atoms with Crippen LogP contribution in [0.3, 0.4) is 0 Å². The minimum absolute atomic E-state index is 0.0941. The number of ether oxygens (including phenoxy) is 1. The molecule has 1 saturated heterocycles. The Morgan fingerprint density at radius 3 is 2.68 bits per heavy atom. The number of rotatable bonds is 4. The molecule has 0 bridgehead atoms. The second kappa shape index (κ2) is 8.62. The van der Waals surface area contributed by atoms with Gasteiger partial charge in [-0.15, -0.1) is 17.3 Å². The molecule has 1 unspecified atom stereocenters. The number of benzene rings is 1. The number of carbonyl (C=O) groups is 1. The maximum absolute atomic E-state index is 13.2. The van der Waals surface area contributed by atoms with Gasteiger partial charge in [0.15, 0.2) is 5.96 Å². The van der Waals surface area contributed by atoms with E-state index < -0.39 is 5.92 Å². The largest absolute Gasteiger partial charge is 0.497 e. The van der Waals surface area contributed by atoms with Crippen LogP contribution in [0.25, 0.3) is 11.1 Å². The Balaban J connectivity index is 1.71. The molecule has 3 heterocycles. The third-order valence-corrected chi connectivity index (χ3v) is 6.32. The van der Waals surface area contributed by atoms with Crippen molar-refractivity contribution in [2.24, 2.45) is 0 Å². The Morgan fingerprint density at radius 2 is 1.97 bits per heavy atom. The molecule has 7 heteroatoms. The van der Waals surface area contributed by atoms with Gasteiger partial charge in [0, 0.05) is 35.4 Å². The first-order chi connectivity index (χ1) is 15.0. The molecule has 1 aliphatic heterocycles. The van der Waals surface area contributed by atoms with Gasteiger partial charge in [-0.3, -0.25) is 20.1 Å². The highest BCUT2D eigenvalue weighted by molar-refractivity contribution is 7.10. The van der Waals surface area contributed by atoms with E-state index in [1.54, 1.807) is 38.6 Å². The normalized spacial score (nSPS) is 18.2. The van der Waals surface area contributed by atoms with Crippen molar-refractivity contribution in [2.45, 2.75) is 18.9 Å². The highest BCUT2D eigenvalue weighted by atomic mass is 32.1. The van der Waals surface area contributed by atoms with E-state index in [1.165, 1.54) is 4.90 Å². The zero-order valence-electron chi connectivity index (χ0n) is 17.5. The maximum atomic E-state index is 13.2. The van der Waals surface area contributed by atoms with Crippen molar-refractivity contribution in [1.29, 1.82) is 5.41 Å². The molecule has 1 aromatic carbocycles. The predicted molar refractivity (Wildman–Crippen MR) is 122 cm³/mol. The van der Waals surface area contributed by atoms with Crippen molar-refractivity contribution in [3.05, 3.63) is 70.2 Å². The second-order valence-corrected chi connectivity index (χ2v) is 8.14. The molecule has 31 heavy (non-hydrogen) atoms. The van der Waals surface area contributed by atoms with Gasteiger partial charge in [0.05, 0.1) is 19.1 Å². The predicted octanol–water partition coefficient (Wildman–Crippen LogP) is 4.01. The summed E-state index contributed by atoms with van der Waals surface area (Å²) in [6.45, 7) is 1.80. The highest BCUT2D eigenvalue weighted by Gasteiger charge is 2.40. The van der Waals surface area contributed by atoms with Crippen LogP contribution in [0, 0.1) is 17.3 Å². The van der Waals surface area contributed by atoms with Crippen molar-refractivity contribution in [3.63, 3.8) is 0 Å². The number of hydrogen-bond acceptors (Lipinski definition) is 5.